The zero-order valence-electron chi connectivity index (χ0n) is 9.13. The molecule has 1 aromatic carbocycles. The minimum absolute atomic E-state index is 0.0522. The maximum absolute atomic E-state index is 11.8. The van der Waals surface area contributed by atoms with Gasteiger partial charge in [0.15, 0.2) is 0 Å². The summed E-state index contributed by atoms with van der Waals surface area (Å²) in [5, 5.41) is 9.35. The molecule has 0 saturated heterocycles. The maximum atomic E-state index is 11.8. The third-order valence-electron chi connectivity index (χ3n) is 2.99. The van der Waals surface area contributed by atoms with Gasteiger partial charge in [-0.3, -0.25) is 4.79 Å². The van der Waals surface area contributed by atoms with Gasteiger partial charge in [0.1, 0.15) is 5.75 Å². The standard InChI is InChI=1S/C13H16O3/c14-11-8-6-10(7-9-11)13(15)16-12-4-2-1-3-5-12/h1-5,10-11,14H,6-9H2. The lowest BCUT2D eigenvalue weighted by atomic mass is 9.87. The van der Waals surface area contributed by atoms with Crippen LogP contribution in [-0.2, 0) is 4.79 Å². The number of ether oxygens (including phenoxy) is 1. The molecule has 2 rings (SSSR count). The SMILES string of the molecule is O=C(Oc1ccccc1)C1CCC(O)CC1. The Balaban J connectivity index is 1.89. The predicted octanol–water partition coefficient (Wildman–Crippen LogP) is 2.14. The Kier molecular flexibility index (Phi) is 3.57. The van der Waals surface area contributed by atoms with Gasteiger partial charge in [0.05, 0.1) is 12.0 Å². The lowest BCUT2D eigenvalue weighted by Crippen LogP contribution is -2.27. The van der Waals surface area contributed by atoms with Gasteiger partial charge in [-0.1, -0.05) is 18.2 Å². The first-order valence-electron chi connectivity index (χ1n) is 5.70. The molecular formula is C13H16O3. The van der Waals surface area contributed by atoms with Crippen LogP contribution in [0.4, 0.5) is 0 Å². The largest absolute Gasteiger partial charge is 0.426 e. The summed E-state index contributed by atoms with van der Waals surface area (Å²) in [7, 11) is 0. The molecule has 1 aliphatic rings. The van der Waals surface area contributed by atoms with Gasteiger partial charge in [-0.05, 0) is 37.8 Å². The average molecular weight is 220 g/mol. The van der Waals surface area contributed by atoms with Crippen molar-refractivity contribution in [2.75, 3.05) is 0 Å². The van der Waals surface area contributed by atoms with Crippen LogP contribution in [-0.4, -0.2) is 17.2 Å². The van der Waals surface area contributed by atoms with Crippen molar-refractivity contribution in [2.24, 2.45) is 5.92 Å². The Bertz CT molecular complexity index is 339. The molecule has 0 aromatic heterocycles. The van der Waals surface area contributed by atoms with Crippen LogP contribution in [0.1, 0.15) is 25.7 Å². The predicted molar refractivity (Wildman–Crippen MR) is 60.0 cm³/mol. The fourth-order valence-corrected chi connectivity index (χ4v) is 2.00. The maximum Gasteiger partial charge on any atom is 0.314 e. The van der Waals surface area contributed by atoms with E-state index in [1.165, 1.54) is 0 Å². The molecule has 1 fully saturated rings. The number of para-hydroxylation sites is 1. The molecule has 0 amide bonds. The van der Waals surface area contributed by atoms with Crippen molar-refractivity contribution in [3.8, 4) is 5.75 Å². The molecule has 86 valence electrons. The van der Waals surface area contributed by atoms with Gasteiger partial charge in [-0.25, -0.2) is 0 Å². The van der Waals surface area contributed by atoms with Crippen molar-refractivity contribution < 1.29 is 14.6 Å². The van der Waals surface area contributed by atoms with Crippen LogP contribution in [0.5, 0.6) is 5.75 Å². The average Bonchev–Trinajstić information content (AvgIpc) is 2.31. The summed E-state index contributed by atoms with van der Waals surface area (Å²) in [6.07, 6.45) is 2.63. The summed E-state index contributed by atoms with van der Waals surface area (Å²) < 4.78 is 5.27. The monoisotopic (exact) mass is 220 g/mol. The molecule has 1 aliphatic carbocycles. The molecule has 3 nitrogen and oxygen atoms in total. The van der Waals surface area contributed by atoms with E-state index in [2.05, 4.69) is 0 Å². The molecule has 1 aromatic rings. The highest BCUT2D eigenvalue weighted by atomic mass is 16.5. The van der Waals surface area contributed by atoms with E-state index in [9.17, 15) is 9.90 Å². The van der Waals surface area contributed by atoms with E-state index in [4.69, 9.17) is 4.74 Å². The minimum atomic E-state index is -0.235. The van der Waals surface area contributed by atoms with Crippen LogP contribution >= 0.6 is 0 Å². The minimum Gasteiger partial charge on any atom is -0.426 e. The van der Waals surface area contributed by atoms with Gasteiger partial charge in [0.2, 0.25) is 0 Å². The summed E-state index contributed by atoms with van der Waals surface area (Å²) in [6.45, 7) is 0. The highest BCUT2D eigenvalue weighted by molar-refractivity contribution is 5.75. The number of hydrogen-bond acceptors (Lipinski definition) is 3. The van der Waals surface area contributed by atoms with Crippen LogP contribution < -0.4 is 4.74 Å². The third kappa shape index (κ3) is 2.83. The van der Waals surface area contributed by atoms with Crippen LogP contribution in [0, 0.1) is 5.92 Å². The van der Waals surface area contributed by atoms with Crippen LogP contribution in [0.2, 0.25) is 0 Å². The number of carbonyl (C=O) groups excluding carboxylic acids is 1. The van der Waals surface area contributed by atoms with Crippen LogP contribution in [0.15, 0.2) is 30.3 Å². The molecule has 16 heavy (non-hydrogen) atoms. The van der Waals surface area contributed by atoms with Crippen LogP contribution in [0.3, 0.4) is 0 Å². The van der Waals surface area contributed by atoms with Crippen molar-refractivity contribution in [2.45, 2.75) is 31.8 Å². The fraction of sp³-hybridized carbons (Fsp3) is 0.462. The van der Waals surface area contributed by atoms with Gasteiger partial charge < -0.3 is 9.84 Å². The molecule has 1 N–H and O–H groups in total. The Hall–Kier alpha value is -1.35. The zero-order valence-corrected chi connectivity index (χ0v) is 9.13. The normalized spacial score (nSPS) is 25.1. The second-order valence-electron chi connectivity index (χ2n) is 4.24. The summed E-state index contributed by atoms with van der Waals surface area (Å²) in [6, 6.07) is 9.11. The topological polar surface area (TPSA) is 46.5 Å². The molecule has 0 spiro atoms. The number of carbonyl (C=O) groups is 1. The smallest absolute Gasteiger partial charge is 0.314 e. The Morgan fingerprint density at radius 3 is 2.38 bits per heavy atom. The summed E-state index contributed by atoms with van der Waals surface area (Å²) >= 11 is 0. The van der Waals surface area contributed by atoms with E-state index in [0.717, 1.165) is 12.8 Å². The van der Waals surface area contributed by atoms with Gasteiger partial charge in [0, 0.05) is 0 Å². The van der Waals surface area contributed by atoms with Crippen molar-refractivity contribution in [3.05, 3.63) is 30.3 Å². The van der Waals surface area contributed by atoms with E-state index < -0.39 is 0 Å². The van der Waals surface area contributed by atoms with Gasteiger partial charge in [-0.2, -0.15) is 0 Å². The molecule has 0 radical (unpaired) electrons. The Labute approximate surface area is 95.0 Å². The first kappa shape index (κ1) is 11.1. The zero-order chi connectivity index (χ0) is 11.4. The quantitative estimate of drug-likeness (QED) is 0.613. The third-order valence-corrected chi connectivity index (χ3v) is 2.99. The fourth-order valence-electron chi connectivity index (χ4n) is 2.00. The Morgan fingerprint density at radius 1 is 1.12 bits per heavy atom. The highest BCUT2D eigenvalue weighted by Crippen LogP contribution is 2.25. The van der Waals surface area contributed by atoms with E-state index in [-0.39, 0.29) is 18.0 Å². The number of benzene rings is 1. The lowest BCUT2D eigenvalue weighted by Gasteiger charge is -2.23. The van der Waals surface area contributed by atoms with Gasteiger partial charge in [0.25, 0.3) is 0 Å². The van der Waals surface area contributed by atoms with E-state index in [1.807, 2.05) is 18.2 Å². The Morgan fingerprint density at radius 2 is 1.75 bits per heavy atom. The number of aliphatic hydroxyl groups is 1. The molecule has 0 aliphatic heterocycles. The number of esters is 1. The van der Waals surface area contributed by atoms with Gasteiger partial charge in [-0.15, -0.1) is 0 Å². The van der Waals surface area contributed by atoms with E-state index in [1.54, 1.807) is 12.1 Å². The molecule has 0 bridgehead atoms. The number of hydrogen-bond donors (Lipinski definition) is 1. The summed E-state index contributed by atoms with van der Waals surface area (Å²) in [5.74, 6) is 0.375. The molecule has 1 saturated carbocycles. The van der Waals surface area contributed by atoms with Crippen molar-refractivity contribution in [3.63, 3.8) is 0 Å². The first-order valence-corrected chi connectivity index (χ1v) is 5.70. The van der Waals surface area contributed by atoms with Crippen molar-refractivity contribution in [1.29, 1.82) is 0 Å². The van der Waals surface area contributed by atoms with Gasteiger partial charge >= 0.3 is 5.97 Å². The van der Waals surface area contributed by atoms with Crippen molar-refractivity contribution in [1.82, 2.24) is 0 Å². The van der Waals surface area contributed by atoms with E-state index in [0.29, 0.717) is 18.6 Å². The van der Waals surface area contributed by atoms with Crippen LogP contribution in [0.25, 0.3) is 0 Å². The molecule has 0 heterocycles. The highest BCUT2D eigenvalue weighted by Gasteiger charge is 2.26. The number of aliphatic hydroxyl groups excluding tert-OH is 1. The summed E-state index contributed by atoms with van der Waals surface area (Å²) in [5.41, 5.74) is 0. The van der Waals surface area contributed by atoms with E-state index >= 15 is 0 Å². The summed E-state index contributed by atoms with van der Waals surface area (Å²) in [4.78, 5) is 11.8. The second kappa shape index (κ2) is 5.12. The molecule has 0 unspecified atom stereocenters. The molecule has 3 heteroatoms. The number of rotatable bonds is 2. The first-order chi connectivity index (χ1) is 7.75. The lowest BCUT2D eigenvalue weighted by molar-refractivity contribution is -0.140. The molecule has 0 atom stereocenters. The van der Waals surface area contributed by atoms with Crippen molar-refractivity contribution >= 4 is 5.97 Å². The second-order valence-corrected chi connectivity index (χ2v) is 4.24. The molecular weight excluding hydrogens is 204 g/mol.